The van der Waals surface area contributed by atoms with E-state index < -0.39 is 6.43 Å². The second-order valence-corrected chi connectivity index (χ2v) is 6.27. The number of alkyl halides is 2. The van der Waals surface area contributed by atoms with E-state index in [2.05, 4.69) is 13.2 Å². The van der Waals surface area contributed by atoms with Crippen LogP contribution in [-0.2, 0) is 0 Å². The fourth-order valence-electron chi connectivity index (χ4n) is 3.44. The number of hydrogen-bond acceptors (Lipinski definition) is 2. The Kier molecular flexibility index (Phi) is 5.21. The van der Waals surface area contributed by atoms with Gasteiger partial charge in [0.25, 0.3) is 6.43 Å². The molecule has 1 heterocycles. The normalized spacial score (nSPS) is 19.6. The quantitative estimate of drug-likeness (QED) is 0.557. The number of anilines is 1. The maximum absolute atomic E-state index is 13.1. The van der Waals surface area contributed by atoms with Crippen molar-refractivity contribution in [3.8, 4) is 5.75 Å². The van der Waals surface area contributed by atoms with Crippen molar-refractivity contribution in [1.82, 2.24) is 0 Å². The molecule has 1 aliphatic rings. The molecule has 0 radical (unpaired) electrons. The van der Waals surface area contributed by atoms with E-state index >= 15 is 0 Å². The fraction of sp³-hybridized carbons (Fsp3) is 0.182. The monoisotopic (exact) mass is 353 g/mol. The van der Waals surface area contributed by atoms with Crippen LogP contribution in [-0.4, -0.2) is 6.61 Å². The summed E-state index contributed by atoms with van der Waals surface area (Å²) in [6, 6.07) is 12.3. The van der Waals surface area contributed by atoms with Crippen LogP contribution in [0, 0.1) is 5.92 Å². The Hall–Kier alpha value is -2.88. The van der Waals surface area contributed by atoms with Gasteiger partial charge in [-0.2, -0.15) is 0 Å². The van der Waals surface area contributed by atoms with Gasteiger partial charge in [-0.3, -0.25) is 0 Å². The summed E-state index contributed by atoms with van der Waals surface area (Å²) in [5.41, 5.74) is 9.39. The fourth-order valence-corrected chi connectivity index (χ4v) is 3.44. The molecule has 0 saturated heterocycles. The zero-order chi connectivity index (χ0) is 18.7. The van der Waals surface area contributed by atoms with E-state index in [1.807, 2.05) is 30.3 Å². The van der Waals surface area contributed by atoms with Gasteiger partial charge in [0.2, 0.25) is 0 Å². The zero-order valence-corrected chi connectivity index (χ0v) is 14.4. The second-order valence-electron chi connectivity index (χ2n) is 6.27. The molecule has 4 heteroatoms. The first kappa shape index (κ1) is 17.9. The Labute approximate surface area is 152 Å². The van der Waals surface area contributed by atoms with Gasteiger partial charge in [0.05, 0.1) is 6.61 Å². The number of rotatable bonds is 5. The van der Waals surface area contributed by atoms with E-state index in [9.17, 15) is 8.78 Å². The van der Waals surface area contributed by atoms with Crippen molar-refractivity contribution in [2.75, 3.05) is 12.3 Å². The Morgan fingerprint density at radius 1 is 1.15 bits per heavy atom. The van der Waals surface area contributed by atoms with E-state index in [4.69, 9.17) is 10.5 Å². The van der Waals surface area contributed by atoms with Gasteiger partial charge in [0, 0.05) is 28.7 Å². The summed E-state index contributed by atoms with van der Waals surface area (Å²) >= 11 is 0. The largest absolute Gasteiger partial charge is 0.493 e. The lowest BCUT2D eigenvalue weighted by Crippen LogP contribution is -2.28. The molecule has 134 valence electrons. The first-order chi connectivity index (χ1) is 12.5. The summed E-state index contributed by atoms with van der Waals surface area (Å²) in [6.45, 7) is 8.04. The van der Waals surface area contributed by atoms with Crippen molar-refractivity contribution in [3.05, 3.63) is 96.1 Å². The molecule has 2 unspecified atom stereocenters. The molecule has 0 bridgehead atoms. The summed E-state index contributed by atoms with van der Waals surface area (Å²) in [7, 11) is 0. The van der Waals surface area contributed by atoms with Crippen LogP contribution in [0.4, 0.5) is 14.5 Å². The summed E-state index contributed by atoms with van der Waals surface area (Å²) in [5.74, 6) is 0.456. The highest BCUT2D eigenvalue weighted by Gasteiger charge is 2.34. The minimum Gasteiger partial charge on any atom is -0.493 e. The third-order valence-corrected chi connectivity index (χ3v) is 4.72. The van der Waals surface area contributed by atoms with Crippen molar-refractivity contribution in [2.45, 2.75) is 12.3 Å². The predicted octanol–water partition coefficient (Wildman–Crippen LogP) is 5.65. The van der Waals surface area contributed by atoms with Gasteiger partial charge in [0.15, 0.2) is 0 Å². The number of fused-ring (bicyclic) bond motifs is 1. The lowest BCUT2D eigenvalue weighted by Gasteiger charge is -2.35. The summed E-state index contributed by atoms with van der Waals surface area (Å²) in [6.07, 6.45) is 2.88. The van der Waals surface area contributed by atoms with Gasteiger partial charge >= 0.3 is 0 Å². The average molecular weight is 353 g/mol. The topological polar surface area (TPSA) is 35.2 Å². The van der Waals surface area contributed by atoms with Gasteiger partial charge in [-0.15, -0.1) is 0 Å². The van der Waals surface area contributed by atoms with Crippen LogP contribution in [0.15, 0.2) is 79.4 Å². The van der Waals surface area contributed by atoms with Crippen molar-refractivity contribution < 1.29 is 13.5 Å². The lowest BCUT2D eigenvalue weighted by molar-refractivity contribution is 0.150. The van der Waals surface area contributed by atoms with Crippen molar-refractivity contribution in [3.63, 3.8) is 0 Å². The van der Waals surface area contributed by atoms with Gasteiger partial charge in [0.1, 0.15) is 5.75 Å². The Morgan fingerprint density at radius 2 is 1.88 bits per heavy atom. The molecule has 0 saturated carbocycles. The molecule has 0 spiro atoms. The molecule has 2 aromatic rings. The minimum absolute atomic E-state index is 0.000903. The third kappa shape index (κ3) is 3.40. The molecule has 0 aliphatic carbocycles. The van der Waals surface area contributed by atoms with E-state index in [0.29, 0.717) is 18.0 Å². The van der Waals surface area contributed by atoms with E-state index in [1.165, 1.54) is 12.1 Å². The summed E-state index contributed by atoms with van der Waals surface area (Å²) < 4.78 is 32.0. The van der Waals surface area contributed by atoms with Crippen molar-refractivity contribution in [2.24, 2.45) is 5.92 Å². The van der Waals surface area contributed by atoms with Crippen molar-refractivity contribution >= 4 is 5.69 Å². The molecular weight excluding hydrogens is 332 g/mol. The van der Waals surface area contributed by atoms with Gasteiger partial charge in [-0.1, -0.05) is 55.7 Å². The first-order valence-electron chi connectivity index (χ1n) is 8.40. The molecule has 2 nitrogen and oxygen atoms in total. The van der Waals surface area contributed by atoms with E-state index in [0.717, 1.165) is 16.7 Å². The predicted molar refractivity (Wildman–Crippen MR) is 102 cm³/mol. The van der Waals surface area contributed by atoms with Gasteiger partial charge < -0.3 is 10.5 Å². The van der Waals surface area contributed by atoms with Crippen LogP contribution in [0.5, 0.6) is 5.75 Å². The molecule has 2 N–H and O–H groups in total. The highest BCUT2D eigenvalue weighted by molar-refractivity contribution is 5.51. The van der Waals surface area contributed by atoms with Crippen LogP contribution in [0.2, 0.25) is 0 Å². The molecule has 2 aromatic carbocycles. The van der Waals surface area contributed by atoms with E-state index in [-0.39, 0.29) is 17.4 Å². The molecule has 1 aliphatic heterocycles. The number of ether oxygens (including phenoxy) is 1. The molecule has 3 rings (SSSR count). The van der Waals surface area contributed by atoms with Crippen LogP contribution >= 0.6 is 0 Å². The molecule has 2 atom stereocenters. The lowest BCUT2D eigenvalue weighted by atomic mass is 9.75. The molecule has 26 heavy (non-hydrogen) atoms. The Balaban J connectivity index is 2.14. The number of halogens is 2. The van der Waals surface area contributed by atoms with Crippen molar-refractivity contribution in [1.29, 1.82) is 0 Å². The molecule has 0 fully saturated rings. The molecule has 0 aromatic heterocycles. The maximum Gasteiger partial charge on any atom is 0.263 e. The number of nitrogens with two attached hydrogens (primary N) is 1. The maximum atomic E-state index is 13.1. The van der Waals surface area contributed by atoms with Crippen LogP contribution in [0.3, 0.4) is 0 Å². The number of benzene rings is 2. The SMILES string of the molecule is C=C/C=C(\C=C)C1COc2cc(C(F)F)ccc2C1c1ccc(N)cc1. The Bertz CT molecular complexity index is 840. The van der Waals surface area contributed by atoms with Crippen LogP contribution in [0.25, 0.3) is 0 Å². The van der Waals surface area contributed by atoms with Gasteiger partial charge in [-0.25, -0.2) is 8.78 Å². The highest BCUT2D eigenvalue weighted by atomic mass is 19.3. The number of hydrogen-bond donors (Lipinski definition) is 1. The van der Waals surface area contributed by atoms with Gasteiger partial charge in [-0.05, 0) is 29.3 Å². The number of allylic oxidation sites excluding steroid dienone is 3. The van der Waals surface area contributed by atoms with Crippen LogP contribution < -0.4 is 10.5 Å². The highest BCUT2D eigenvalue weighted by Crippen LogP contribution is 2.45. The Morgan fingerprint density at radius 3 is 2.50 bits per heavy atom. The standard InChI is InChI=1S/C22H21F2NO/c1-3-5-14(4-2)19-13-26-20-12-16(22(23)24)8-11-18(20)21(19)15-6-9-17(25)10-7-15/h3-12,19,21-22H,1-2,13,25H2/b14-5+. The number of nitrogen functional groups attached to an aromatic ring is 1. The summed E-state index contributed by atoms with van der Waals surface area (Å²) in [5, 5.41) is 0. The summed E-state index contributed by atoms with van der Waals surface area (Å²) in [4.78, 5) is 0. The molecule has 0 amide bonds. The zero-order valence-electron chi connectivity index (χ0n) is 14.4. The second kappa shape index (κ2) is 7.56. The minimum atomic E-state index is -2.53. The average Bonchev–Trinajstić information content (AvgIpc) is 2.65. The molecular formula is C22H21F2NO. The van der Waals surface area contributed by atoms with E-state index in [1.54, 1.807) is 18.2 Å². The third-order valence-electron chi connectivity index (χ3n) is 4.72. The smallest absolute Gasteiger partial charge is 0.263 e. The first-order valence-corrected chi connectivity index (χ1v) is 8.40. The van der Waals surface area contributed by atoms with Crippen LogP contribution in [0.1, 0.15) is 29.0 Å².